The number of carbonyl (C=O) groups excluding carboxylic acids is 1. The standard InChI is InChI=1S/C17H24N2O2/c18-13-16-6-9-17(10-7-16,11-8-16)19-15(20)21-12-14-4-2-1-3-5-14/h1-5H,6-13,18H2,(H,19,20). The largest absolute Gasteiger partial charge is 0.445 e. The summed E-state index contributed by atoms with van der Waals surface area (Å²) in [4.78, 5) is 12.1. The highest BCUT2D eigenvalue weighted by atomic mass is 16.5. The average Bonchev–Trinajstić information content (AvgIpc) is 2.55. The molecular formula is C17H24N2O2. The van der Waals surface area contributed by atoms with E-state index in [0.717, 1.165) is 50.6 Å². The molecule has 0 heterocycles. The second kappa shape index (κ2) is 5.68. The number of hydrogen-bond donors (Lipinski definition) is 2. The molecule has 3 aliphatic carbocycles. The SMILES string of the molecule is NCC12CCC(NC(=O)OCc3ccccc3)(CC1)CC2. The molecule has 0 unspecified atom stereocenters. The van der Waals surface area contributed by atoms with E-state index in [1.165, 1.54) is 0 Å². The lowest BCUT2D eigenvalue weighted by molar-refractivity contribution is 0.0257. The first-order valence-corrected chi connectivity index (χ1v) is 7.84. The summed E-state index contributed by atoms with van der Waals surface area (Å²) in [7, 11) is 0. The molecule has 3 N–H and O–H groups in total. The summed E-state index contributed by atoms with van der Waals surface area (Å²) in [5.41, 5.74) is 7.23. The van der Waals surface area contributed by atoms with Gasteiger partial charge in [-0.05, 0) is 56.0 Å². The predicted molar refractivity (Wildman–Crippen MR) is 81.7 cm³/mol. The summed E-state index contributed by atoms with van der Waals surface area (Å²) >= 11 is 0. The number of benzene rings is 1. The van der Waals surface area contributed by atoms with Crippen molar-refractivity contribution in [3.05, 3.63) is 35.9 Å². The molecule has 2 bridgehead atoms. The number of hydrogen-bond acceptors (Lipinski definition) is 3. The molecule has 1 aromatic rings. The fourth-order valence-corrected chi connectivity index (χ4v) is 3.73. The second-order valence-electron chi connectivity index (χ2n) is 6.67. The number of fused-ring (bicyclic) bond motifs is 3. The van der Waals surface area contributed by atoms with Crippen LogP contribution in [0.25, 0.3) is 0 Å². The lowest BCUT2D eigenvalue weighted by Crippen LogP contribution is -2.58. The summed E-state index contributed by atoms with van der Waals surface area (Å²) in [5, 5.41) is 3.13. The maximum absolute atomic E-state index is 12.1. The van der Waals surface area contributed by atoms with Gasteiger partial charge in [0, 0.05) is 5.54 Å². The van der Waals surface area contributed by atoms with Crippen LogP contribution < -0.4 is 11.1 Å². The van der Waals surface area contributed by atoms with Crippen LogP contribution in [0.5, 0.6) is 0 Å². The summed E-state index contributed by atoms with van der Waals surface area (Å²) in [6, 6.07) is 9.77. The van der Waals surface area contributed by atoms with Gasteiger partial charge < -0.3 is 15.8 Å². The highest BCUT2D eigenvalue weighted by Gasteiger charge is 2.48. The smallest absolute Gasteiger partial charge is 0.407 e. The zero-order valence-corrected chi connectivity index (χ0v) is 12.4. The summed E-state index contributed by atoms with van der Waals surface area (Å²) in [6.07, 6.45) is 6.19. The van der Waals surface area contributed by atoms with Crippen LogP contribution in [0, 0.1) is 5.41 Å². The van der Waals surface area contributed by atoms with Crippen molar-refractivity contribution < 1.29 is 9.53 Å². The van der Waals surface area contributed by atoms with E-state index < -0.39 is 0 Å². The van der Waals surface area contributed by atoms with Crippen LogP contribution in [0.4, 0.5) is 4.79 Å². The maximum Gasteiger partial charge on any atom is 0.407 e. The lowest BCUT2D eigenvalue weighted by Gasteiger charge is -2.53. The maximum atomic E-state index is 12.1. The second-order valence-corrected chi connectivity index (χ2v) is 6.67. The first kappa shape index (κ1) is 14.4. The van der Waals surface area contributed by atoms with Crippen molar-refractivity contribution in [3.8, 4) is 0 Å². The van der Waals surface area contributed by atoms with Gasteiger partial charge in [0.2, 0.25) is 0 Å². The Morgan fingerprint density at radius 1 is 1.10 bits per heavy atom. The number of alkyl carbamates (subject to hydrolysis) is 1. The van der Waals surface area contributed by atoms with Crippen LogP contribution in [0.1, 0.15) is 44.1 Å². The molecule has 0 saturated heterocycles. The molecular weight excluding hydrogens is 264 g/mol. The minimum atomic E-state index is -0.291. The van der Waals surface area contributed by atoms with Crippen LogP contribution in [0.2, 0.25) is 0 Å². The molecule has 3 aliphatic rings. The molecule has 114 valence electrons. The monoisotopic (exact) mass is 288 g/mol. The number of ether oxygens (including phenoxy) is 1. The molecule has 0 aromatic heterocycles. The molecule has 0 radical (unpaired) electrons. The molecule has 4 nitrogen and oxygen atoms in total. The van der Waals surface area contributed by atoms with Crippen LogP contribution in [-0.2, 0) is 11.3 Å². The molecule has 4 rings (SSSR count). The summed E-state index contributed by atoms with van der Waals surface area (Å²) in [6.45, 7) is 1.11. The Bertz CT molecular complexity index is 476. The molecule has 0 atom stereocenters. The predicted octanol–water partition coefficient (Wildman–Crippen LogP) is 2.96. The van der Waals surface area contributed by atoms with Crippen molar-refractivity contribution in [2.24, 2.45) is 11.1 Å². The van der Waals surface area contributed by atoms with Crippen molar-refractivity contribution in [3.63, 3.8) is 0 Å². The van der Waals surface area contributed by atoms with Crippen molar-refractivity contribution >= 4 is 6.09 Å². The molecule has 1 amide bonds. The van der Waals surface area contributed by atoms with E-state index in [1.807, 2.05) is 30.3 Å². The molecule has 0 spiro atoms. The fraction of sp³-hybridized carbons (Fsp3) is 0.588. The highest BCUT2D eigenvalue weighted by molar-refractivity contribution is 5.68. The zero-order valence-electron chi connectivity index (χ0n) is 12.4. The molecule has 3 saturated carbocycles. The average molecular weight is 288 g/mol. The van der Waals surface area contributed by atoms with Crippen molar-refractivity contribution in [2.45, 2.75) is 50.7 Å². The Morgan fingerprint density at radius 3 is 2.29 bits per heavy atom. The Morgan fingerprint density at radius 2 is 1.71 bits per heavy atom. The number of rotatable bonds is 4. The van der Waals surface area contributed by atoms with E-state index in [-0.39, 0.29) is 11.6 Å². The van der Waals surface area contributed by atoms with Gasteiger partial charge in [0.1, 0.15) is 6.61 Å². The van der Waals surface area contributed by atoms with Crippen molar-refractivity contribution in [1.82, 2.24) is 5.32 Å². The van der Waals surface area contributed by atoms with E-state index in [4.69, 9.17) is 10.5 Å². The molecule has 4 heteroatoms. The van der Waals surface area contributed by atoms with E-state index >= 15 is 0 Å². The van der Waals surface area contributed by atoms with Crippen molar-refractivity contribution in [1.29, 1.82) is 0 Å². The van der Waals surface area contributed by atoms with Gasteiger partial charge in [0.05, 0.1) is 0 Å². The summed E-state index contributed by atoms with van der Waals surface area (Å²) < 4.78 is 5.35. The molecule has 3 fully saturated rings. The van der Waals surface area contributed by atoms with Gasteiger partial charge in [-0.2, -0.15) is 0 Å². The fourth-order valence-electron chi connectivity index (χ4n) is 3.73. The van der Waals surface area contributed by atoms with E-state index in [2.05, 4.69) is 5.32 Å². The quantitative estimate of drug-likeness (QED) is 0.895. The summed E-state index contributed by atoms with van der Waals surface area (Å²) in [5.74, 6) is 0. The lowest BCUT2D eigenvalue weighted by atomic mass is 9.57. The van der Waals surface area contributed by atoms with Gasteiger partial charge in [0.15, 0.2) is 0 Å². The Hall–Kier alpha value is -1.55. The van der Waals surface area contributed by atoms with Gasteiger partial charge in [0.25, 0.3) is 0 Å². The minimum absolute atomic E-state index is 0.0509. The normalized spacial score (nSPS) is 30.9. The minimum Gasteiger partial charge on any atom is -0.445 e. The van der Waals surface area contributed by atoms with Gasteiger partial charge in [-0.25, -0.2) is 4.79 Å². The highest BCUT2D eigenvalue weighted by Crippen LogP contribution is 2.51. The van der Waals surface area contributed by atoms with Gasteiger partial charge in [-0.1, -0.05) is 30.3 Å². The Balaban J connectivity index is 1.52. The van der Waals surface area contributed by atoms with E-state index in [1.54, 1.807) is 0 Å². The number of nitrogens with one attached hydrogen (secondary N) is 1. The zero-order chi connectivity index (χ0) is 14.8. The number of amides is 1. The van der Waals surface area contributed by atoms with Crippen LogP contribution in [0.3, 0.4) is 0 Å². The van der Waals surface area contributed by atoms with Crippen LogP contribution in [-0.4, -0.2) is 18.2 Å². The Labute approximate surface area is 126 Å². The van der Waals surface area contributed by atoms with Gasteiger partial charge in [-0.3, -0.25) is 0 Å². The molecule has 21 heavy (non-hydrogen) atoms. The van der Waals surface area contributed by atoms with Gasteiger partial charge >= 0.3 is 6.09 Å². The first-order chi connectivity index (χ1) is 10.2. The van der Waals surface area contributed by atoms with Crippen LogP contribution >= 0.6 is 0 Å². The van der Waals surface area contributed by atoms with E-state index in [0.29, 0.717) is 12.0 Å². The third-order valence-electron chi connectivity index (χ3n) is 5.41. The molecule has 0 aliphatic heterocycles. The third kappa shape index (κ3) is 3.05. The number of carbonyl (C=O) groups is 1. The van der Waals surface area contributed by atoms with Crippen LogP contribution in [0.15, 0.2) is 30.3 Å². The van der Waals surface area contributed by atoms with Crippen molar-refractivity contribution in [2.75, 3.05) is 6.54 Å². The molecule has 1 aromatic carbocycles. The first-order valence-electron chi connectivity index (χ1n) is 7.84. The topological polar surface area (TPSA) is 64.3 Å². The Kier molecular flexibility index (Phi) is 3.89. The number of nitrogens with two attached hydrogens (primary N) is 1. The van der Waals surface area contributed by atoms with E-state index in [9.17, 15) is 4.79 Å². The third-order valence-corrected chi connectivity index (χ3v) is 5.41. The van der Waals surface area contributed by atoms with Gasteiger partial charge in [-0.15, -0.1) is 0 Å².